The van der Waals surface area contributed by atoms with Gasteiger partial charge in [0.05, 0.1) is 11.7 Å². The highest BCUT2D eigenvalue weighted by molar-refractivity contribution is 7.98. The first-order valence-corrected chi connectivity index (χ1v) is 7.26. The molecule has 0 saturated carbocycles. The van der Waals surface area contributed by atoms with Crippen LogP contribution < -0.4 is 5.32 Å². The zero-order valence-corrected chi connectivity index (χ0v) is 11.0. The molecule has 0 aliphatic carbocycles. The lowest BCUT2D eigenvalue weighted by Gasteiger charge is -2.27. The van der Waals surface area contributed by atoms with E-state index in [1.807, 2.05) is 23.9 Å². The van der Waals surface area contributed by atoms with Crippen LogP contribution in [0.4, 0.5) is 14.5 Å². The van der Waals surface area contributed by atoms with Gasteiger partial charge in [-0.3, -0.25) is 0 Å². The van der Waals surface area contributed by atoms with E-state index in [2.05, 4.69) is 17.4 Å². The van der Waals surface area contributed by atoms with Crippen LogP contribution in [0.5, 0.6) is 0 Å². The summed E-state index contributed by atoms with van der Waals surface area (Å²) in [7, 11) is 0. The lowest BCUT2D eigenvalue weighted by molar-refractivity contribution is 0.584. The summed E-state index contributed by atoms with van der Waals surface area (Å²) in [5.41, 5.74) is 2.83. The van der Waals surface area contributed by atoms with Gasteiger partial charge in [-0.15, -0.1) is 0 Å². The number of fused-ring (bicyclic) bond motifs is 1. The van der Waals surface area contributed by atoms with Gasteiger partial charge in [-0.25, -0.2) is 8.78 Å². The van der Waals surface area contributed by atoms with Gasteiger partial charge in [0.1, 0.15) is 11.6 Å². The van der Waals surface area contributed by atoms with Gasteiger partial charge in [-0.1, -0.05) is 24.3 Å². The van der Waals surface area contributed by atoms with Crippen LogP contribution in [0.1, 0.15) is 17.2 Å². The molecule has 0 saturated heterocycles. The second-order valence-corrected chi connectivity index (χ2v) is 5.57. The van der Waals surface area contributed by atoms with Gasteiger partial charge in [0.2, 0.25) is 0 Å². The fourth-order valence-corrected chi connectivity index (χ4v) is 3.40. The molecule has 98 valence electrons. The Bertz CT molecular complexity index is 600. The average molecular weight is 277 g/mol. The molecular formula is C15H13F2NS. The molecule has 0 fully saturated rings. The number of hydrogen-bond acceptors (Lipinski definition) is 2. The normalized spacial score (nSPS) is 17.9. The second kappa shape index (κ2) is 5.21. The average Bonchev–Trinajstić information content (AvgIpc) is 2.42. The third-order valence-electron chi connectivity index (χ3n) is 3.23. The van der Waals surface area contributed by atoms with Crippen molar-refractivity contribution >= 4 is 17.4 Å². The van der Waals surface area contributed by atoms with Gasteiger partial charge in [-0.2, -0.15) is 11.8 Å². The van der Waals surface area contributed by atoms with E-state index in [-0.39, 0.29) is 6.04 Å². The molecule has 0 spiro atoms. The van der Waals surface area contributed by atoms with Crippen molar-refractivity contribution in [2.24, 2.45) is 0 Å². The van der Waals surface area contributed by atoms with Crippen molar-refractivity contribution in [1.82, 2.24) is 0 Å². The number of hydrogen-bond donors (Lipinski definition) is 1. The van der Waals surface area contributed by atoms with Crippen molar-refractivity contribution in [3.05, 3.63) is 65.2 Å². The van der Waals surface area contributed by atoms with Crippen LogP contribution in [0.3, 0.4) is 0 Å². The molecule has 0 aromatic heterocycles. The van der Waals surface area contributed by atoms with Crippen LogP contribution in [-0.4, -0.2) is 5.75 Å². The highest BCUT2D eigenvalue weighted by Gasteiger charge is 2.20. The van der Waals surface area contributed by atoms with Crippen molar-refractivity contribution in [1.29, 1.82) is 0 Å². The quantitative estimate of drug-likeness (QED) is 0.875. The highest BCUT2D eigenvalue weighted by Crippen LogP contribution is 2.34. The lowest BCUT2D eigenvalue weighted by Crippen LogP contribution is -2.19. The Hall–Kier alpha value is -1.55. The first-order chi connectivity index (χ1) is 9.24. The summed E-state index contributed by atoms with van der Waals surface area (Å²) in [6, 6.07) is 11.9. The molecule has 19 heavy (non-hydrogen) atoms. The molecule has 1 heterocycles. The summed E-state index contributed by atoms with van der Waals surface area (Å²) < 4.78 is 26.6. The lowest BCUT2D eigenvalue weighted by atomic mass is 10.0. The van der Waals surface area contributed by atoms with Crippen molar-refractivity contribution < 1.29 is 8.78 Å². The van der Waals surface area contributed by atoms with Gasteiger partial charge in [0.25, 0.3) is 0 Å². The van der Waals surface area contributed by atoms with Crippen molar-refractivity contribution in [3.63, 3.8) is 0 Å². The predicted molar refractivity (Wildman–Crippen MR) is 75.3 cm³/mol. The van der Waals surface area contributed by atoms with E-state index in [9.17, 15) is 8.78 Å². The van der Waals surface area contributed by atoms with Crippen LogP contribution >= 0.6 is 11.8 Å². The molecule has 1 unspecified atom stereocenters. The highest BCUT2D eigenvalue weighted by atomic mass is 32.2. The Balaban J connectivity index is 1.88. The molecule has 0 bridgehead atoms. The van der Waals surface area contributed by atoms with Gasteiger partial charge in [0.15, 0.2) is 0 Å². The topological polar surface area (TPSA) is 12.0 Å². The molecule has 0 radical (unpaired) electrons. The molecule has 0 amide bonds. The van der Waals surface area contributed by atoms with Crippen LogP contribution in [0.25, 0.3) is 0 Å². The van der Waals surface area contributed by atoms with Crippen molar-refractivity contribution in [3.8, 4) is 0 Å². The summed E-state index contributed by atoms with van der Waals surface area (Å²) in [6.07, 6.45) is 0. The first-order valence-electron chi connectivity index (χ1n) is 6.11. The van der Waals surface area contributed by atoms with E-state index in [1.54, 1.807) is 0 Å². The van der Waals surface area contributed by atoms with E-state index in [0.717, 1.165) is 17.6 Å². The summed E-state index contributed by atoms with van der Waals surface area (Å²) in [5.74, 6) is 0.767. The van der Waals surface area contributed by atoms with Crippen LogP contribution in [0, 0.1) is 11.6 Å². The molecule has 1 atom stereocenters. The van der Waals surface area contributed by atoms with E-state index in [0.29, 0.717) is 5.69 Å². The third kappa shape index (κ3) is 2.59. The maximum atomic E-state index is 13.7. The fourth-order valence-electron chi connectivity index (χ4n) is 2.30. The van der Waals surface area contributed by atoms with Gasteiger partial charge >= 0.3 is 0 Å². The Labute approximate surface area is 115 Å². The zero-order chi connectivity index (χ0) is 13.2. The predicted octanol–water partition coefficient (Wildman–Crippen LogP) is 4.36. The van der Waals surface area contributed by atoms with Crippen molar-refractivity contribution in [2.75, 3.05) is 11.1 Å². The molecule has 1 aliphatic rings. The van der Waals surface area contributed by atoms with E-state index < -0.39 is 11.6 Å². The third-order valence-corrected chi connectivity index (χ3v) is 4.32. The molecule has 2 aromatic rings. The maximum absolute atomic E-state index is 13.7. The van der Waals surface area contributed by atoms with E-state index in [1.165, 1.54) is 23.3 Å². The smallest absolute Gasteiger partial charge is 0.149 e. The summed E-state index contributed by atoms with van der Waals surface area (Å²) in [4.78, 5) is 0. The van der Waals surface area contributed by atoms with Gasteiger partial charge in [-0.05, 0) is 23.3 Å². The number of thioether (sulfide) groups is 1. The largest absolute Gasteiger partial charge is 0.375 e. The Morgan fingerprint density at radius 1 is 1.11 bits per heavy atom. The standard InChI is InChI=1S/C15H13F2NS/c16-11-5-6-14(13(17)7-11)18-15-9-19-8-10-3-1-2-4-12(10)15/h1-7,15,18H,8-9H2. The number of benzene rings is 2. The molecule has 1 nitrogen and oxygen atoms in total. The van der Waals surface area contributed by atoms with Crippen molar-refractivity contribution in [2.45, 2.75) is 11.8 Å². The SMILES string of the molecule is Fc1ccc(NC2CSCc3ccccc32)c(F)c1. The number of anilines is 1. The van der Waals surface area contributed by atoms with E-state index in [4.69, 9.17) is 0 Å². The number of halogens is 2. The zero-order valence-electron chi connectivity index (χ0n) is 10.2. The molecule has 4 heteroatoms. The van der Waals surface area contributed by atoms with Crippen LogP contribution in [0.15, 0.2) is 42.5 Å². The fraction of sp³-hybridized carbons (Fsp3) is 0.200. The first kappa shape index (κ1) is 12.5. The molecule has 2 aromatic carbocycles. The summed E-state index contributed by atoms with van der Waals surface area (Å²) >= 11 is 1.81. The van der Waals surface area contributed by atoms with Gasteiger partial charge in [0, 0.05) is 17.6 Å². The number of nitrogens with one attached hydrogen (secondary N) is 1. The molecule has 1 N–H and O–H groups in total. The Morgan fingerprint density at radius 2 is 1.95 bits per heavy atom. The molecule has 3 rings (SSSR count). The minimum absolute atomic E-state index is 0.0647. The molecule has 1 aliphatic heterocycles. The minimum atomic E-state index is -0.554. The van der Waals surface area contributed by atoms with E-state index >= 15 is 0 Å². The Kier molecular flexibility index (Phi) is 3.42. The molecular weight excluding hydrogens is 264 g/mol. The Morgan fingerprint density at radius 3 is 2.79 bits per heavy atom. The van der Waals surface area contributed by atoms with Gasteiger partial charge < -0.3 is 5.32 Å². The van der Waals surface area contributed by atoms with Crippen LogP contribution in [0.2, 0.25) is 0 Å². The summed E-state index contributed by atoms with van der Waals surface area (Å²) in [5, 5.41) is 3.17. The number of rotatable bonds is 2. The van der Waals surface area contributed by atoms with Crippen LogP contribution in [-0.2, 0) is 5.75 Å². The maximum Gasteiger partial charge on any atom is 0.149 e. The monoisotopic (exact) mass is 277 g/mol. The minimum Gasteiger partial charge on any atom is -0.375 e. The second-order valence-electron chi connectivity index (χ2n) is 4.54. The summed E-state index contributed by atoms with van der Waals surface area (Å²) in [6.45, 7) is 0.